The van der Waals surface area contributed by atoms with Crippen molar-refractivity contribution < 1.29 is 13.2 Å². The van der Waals surface area contributed by atoms with Gasteiger partial charge in [0.2, 0.25) is 0 Å². The number of halogens is 1. The van der Waals surface area contributed by atoms with E-state index in [1.54, 1.807) is 7.05 Å². The monoisotopic (exact) mass is 497 g/mol. The van der Waals surface area contributed by atoms with Gasteiger partial charge in [-0.05, 0) is 12.1 Å². The summed E-state index contributed by atoms with van der Waals surface area (Å²) in [4.78, 5) is 13.2. The Labute approximate surface area is 173 Å². The minimum atomic E-state index is -2.96. The quantitative estimate of drug-likeness (QED) is 0.254. The van der Waals surface area contributed by atoms with Gasteiger partial charge in [-0.25, -0.2) is 13.4 Å². The Hall–Kier alpha value is -1.14. The van der Waals surface area contributed by atoms with Gasteiger partial charge in [0.25, 0.3) is 0 Å². The number of hydrogen-bond donors (Lipinski definition) is 1. The second kappa shape index (κ2) is 11.5. The average Bonchev–Trinajstić information content (AvgIpc) is 2.61. The summed E-state index contributed by atoms with van der Waals surface area (Å²) in [7, 11) is -1.20. The van der Waals surface area contributed by atoms with Gasteiger partial charge in [0.05, 0.1) is 19.0 Å². The van der Waals surface area contributed by atoms with Crippen molar-refractivity contribution in [1.82, 2.24) is 15.2 Å². The van der Waals surface area contributed by atoms with E-state index in [4.69, 9.17) is 4.74 Å². The summed E-state index contributed by atoms with van der Waals surface area (Å²) in [5.74, 6) is 1.90. The number of anilines is 1. The first-order chi connectivity index (χ1) is 12.0. The molecule has 148 valence electrons. The molecular weight excluding hydrogens is 469 g/mol. The molecule has 1 saturated heterocycles. The van der Waals surface area contributed by atoms with E-state index in [-0.39, 0.29) is 36.3 Å². The maximum atomic E-state index is 11.0. The largest absolute Gasteiger partial charge is 0.379 e. The van der Waals surface area contributed by atoms with Crippen molar-refractivity contribution in [2.45, 2.75) is 0 Å². The van der Waals surface area contributed by atoms with E-state index in [0.29, 0.717) is 13.2 Å². The lowest BCUT2D eigenvalue weighted by atomic mass is 10.3. The third-order valence-electron chi connectivity index (χ3n) is 3.89. The van der Waals surface area contributed by atoms with Gasteiger partial charge < -0.3 is 19.9 Å². The molecule has 0 atom stereocenters. The number of hydrogen-bond acceptors (Lipinski definition) is 6. The molecular formula is C16H28IN5O3S. The third-order valence-corrected chi connectivity index (χ3v) is 4.80. The highest BCUT2D eigenvalue weighted by molar-refractivity contribution is 14.0. The molecule has 0 unspecified atom stereocenters. The molecule has 1 aromatic heterocycles. The molecule has 26 heavy (non-hydrogen) atoms. The highest BCUT2D eigenvalue weighted by Crippen LogP contribution is 2.12. The lowest BCUT2D eigenvalue weighted by Crippen LogP contribution is -2.53. The van der Waals surface area contributed by atoms with Crippen molar-refractivity contribution in [3.63, 3.8) is 0 Å². The smallest absolute Gasteiger partial charge is 0.193 e. The Kier molecular flexibility index (Phi) is 10.2. The molecule has 1 N–H and O–H groups in total. The van der Waals surface area contributed by atoms with E-state index in [9.17, 15) is 8.42 Å². The van der Waals surface area contributed by atoms with Crippen LogP contribution in [0.25, 0.3) is 0 Å². The summed E-state index contributed by atoms with van der Waals surface area (Å²) in [6, 6.07) is 5.94. The van der Waals surface area contributed by atoms with E-state index in [1.807, 2.05) is 24.4 Å². The van der Waals surface area contributed by atoms with E-state index < -0.39 is 9.84 Å². The number of piperazine rings is 1. The molecule has 1 aliphatic rings. The van der Waals surface area contributed by atoms with Gasteiger partial charge in [0.1, 0.15) is 15.7 Å². The summed E-state index contributed by atoms with van der Waals surface area (Å²) in [5, 5.41) is 3.26. The molecule has 0 aliphatic carbocycles. The minimum absolute atomic E-state index is 0. The van der Waals surface area contributed by atoms with E-state index in [2.05, 4.69) is 25.1 Å². The fraction of sp³-hybridized carbons (Fsp3) is 0.625. The molecule has 2 rings (SSSR count). The fourth-order valence-corrected chi connectivity index (χ4v) is 2.99. The SMILES string of the molecule is CN=C(NCCOCCS(C)(=O)=O)N1CCN(c2ccccn2)CC1.I. The van der Waals surface area contributed by atoms with Crippen LogP contribution < -0.4 is 10.2 Å². The molecule has 10 heteroatoms. The number of ether oxygens (including phenoxy) is 1. The first-order valence-corrected chi connectivity index (χ1v) is 10.4. The molecule has 0 bridgehead atoms. The van der Waals surface area contributed by atoms with E-state index in [1.165, 1.54) is 6.26 Å². The van der Waals surface area contributed by atoms with Crippen LogP contribution in [0.3, 0.4) is 0 Å². The lowest BCUT2D eigenvalue weighted by molar-refractivity contribution is 0.153. The Morgan fingerprint density at radius 1 is 1.27 bits per heavy atom. The molecule has 1 aromatic rings. The number of nitrogens with one attached hydrogen (secondary N) is 1. The molecule has 0 aromatic carbocycles. The average molecular weight is 497 g/mol. The van der Waals surface area contributed by atoms with E-state index >= 15 is 0 Å². The number of guanidine groups is 1. The highest BCUT2D eigenvalue weighted by atomic mass is 127. The van der Waals surface area contributed by atoms with Gasteiger partial charge in [-0.3, -0.25) is 4.99 Å². The number of rotatable bonds is 7. The van der Waals surface area contributed by atoms with Crippen molar-refractivity contribution in [3.8, 4) is 0 Å². The van der Waals surface area contributed by atoms with Gasteiger partial charge in [-0.15, -0.1) is 24.0 Å². The van der Waals surface area contributed by atoms with Gasteiger partial charge in [-0.2, -0.15) is 0 Å². The predicted octanol–water partition coefficient (Wildman–Crippen LogP) is 0.458. The van der Waals surface area contributed by atoms with Gasteiger partial charge in [-0.1, -0.05) is 6.07 Å². The molecule has 0 saturated carbocycles. The van der Waals surface area contributed by atoms with Crippen LogP contribution in [0.2, 0.25) is 0 Å². The maximum Gasteiger partial charge on any atom is 0.193 e. The van der Waals surface area contributed by atoms with Gasteiger partial charge in [0, 0.05) is 52.2 Å². The first kappa shape index (κ1) is 22.9. The number of nitrogens with zero attached hydrogens (tertiary/aromatic N) is 4. The third kappa shape index (κ3) is 8.04. The second-order valence-electron chi connectivity index (χ2n) is 5.88. The van der Waals surface area contributed by atoms with Crippen LogP contribution in [0, 0.1) is 0 Å². The molecule has 1 fully saturated rings. The normalized spacial score (nSPS) is 15.5. The summed E-state index contributed by atoms with van der Waals surface area (Å²) >= 11 is 0. The van der Waals surface area contributed by atoms with Gasteiger partial charge in [0.15, 0.2) is 5.96 Å². The lowest BCUT2D eigenvalue weighted by Gasteiger charge is -2.37. The van der Waals surface area contributed by atoms with Crippen LogP contribution in [-0.2, 0) is 14.6 Å². The number of aromatic nitrogens is 1. The van der Waals surface area contributed by atoms with Crippen LogP contribution in [0.1, 0.15) is 0 Å². The Morgan fingerprint density at radius 2 is 2.00 bits per heavy atom. The topological polar surface area (TPSA) is 87.1 Å². The highest BCUT2D eigenvalue weighted by Gasteiger charge is 2.20. The summed E-state index contributed by atoms with van der Waals surface area (Å²) in [5.41, 5.74) is 0. The van der Waals surface area contributed by atoms with Crippen LogP contribution in [0.15, 0.2) is 29.4 Å². The molecule has 8 nitrogen and oxygen atoms in total. The Bertz CT molecular complexity index is 649. The van der Waals surface area contributed by atoms with Crippen LogP contribution >= 0.6 is 24.0 Å². The number of aliphatic imine (C=N–C) groups is 1. The molecule has 0 spiro atoms. The Balaban J connectivity index is 0.00000338. The van der Waals surface area contributed by atoms with E-state index in [0.717, 1.165) is 38.0 Å². The predicted molar refractivity (Wildman–Crippen MR) is 115 cm³/mol. The summed E-state index contributed by atoms with van der Waals surface area (Å²) in [6.07, 6.45) is 3.02. The van der Waals surface area contributed by atoms with Crippen LogP contribution in [0.4, 0.5) is 5.82 Å². The van der Waals surface area contributed by atoms with Crippen LogP contribution in [-0.4, -0.2) is 89.3 Å². The molecule has 0 amide bonds. The zero-order chi connectivity index (χ0) is 18.1. The van der Waals surface area contributed by atoms with Crippen molar-refractivity contribution in [2.75, 3.05) is 69.9 Å². The zero-order valence-electron chi connectivity index (χ0n) is 15.3. The standard InChI is InChI=1S/C16H27N5O3S.HI/c1-17-16(19-7-12-24-13-14-25(2,22)23)21-10-8-20(9-11-21)15-5-3-4-6-18-15;/h3-6H,7-14H2,1-2H3,(H,17,19);1H. The minimum Gasteiger partial charge on any atom is -0.379 e. The Morgan fingerprint density at radius 3 is 2.58 bits per heavy atom. The molecule has 1 aliphatic heterocycles. The van der Waals surface area contributed by atoms with Crippen molar-refractivity contribution in [3.05, 3.63) is 24.4 Å². The molecule has 2 heterocycles. The van der Waals surface area contributed by atoms with Crippen molar-refractivity contribution in [2.24, 2.45) is 4.99 Å². The molecule has 0 radical (unpaired) electrons. The fourth-order valence-electron chi connectivity index (χ4n) is 2.57. The number of pyridine rings is 1. The zero-order valence-corrected chi connectivity index (χ0v) is 18.4. The first-order valence-electron chi connectivity index (χ1n) is 8.36. The van der Waals surface area contributed by atoms with Crippen molar-refractivity contribution >= 4 is 45.6 Å². The second-order valence-corrected chi connectivity index (χ2v) is 8.14. The summed E-state index contributed by atoms with van der Waals surface area (Å²) in [6.45, 7) is 4.78. The van der Waals surface area contributed by atoms with Crippen molar-refractivity contribution in [1.29, 1.82) is 0 Å². The maximum absolute atomic E-state index is 11.0. The van der Waals surface area contributed by atoms with Crippen LogP contribution in [0.5, 0.6) is 0 Å². The summed E-state index contributed by atoms with van der Waals surface area (Å²) < 4.78 is 27.4. The van der Waals surface area contributed by atoms with Gasteiger partial charge >= 0.3 is 0 Å². The number of sulfone groups is 1.